The smallest absolute Gasteiger partial charge is 0.273 e. The number of aromatic hydroxyl groups is 1. The molecule has 4 nitrogen and oxygen atoms in total. The summed E-state index contributed by atoms with van der Waals surface area (Å²) in [5.41, 5.74) is 0.666. The molecule has 6 heteroatoms. The summed E-state index contributed by atoms with van der Waals surface area (Å²) in [5, 5.41) is 20.6. The molecule has 19 heavy (non-hydrogen) atoms. The number of phenols is 1. The summed E-state index contributed by atoms with van der Waals surface area (Å²) in [5.74, 6) is 0.190. The fourth-order valence-electron chi connectivity index (χ4n) is 1.58. The molecule has 2 rings (SSSR count). The van der Waals surface area contributed by atoms with Crippen LogP contribution >= 0.6 is 27.7 Å². The third-order valence-corrected chi connectivity index (χ3v) is 4.57. The van der Waals surface area contributed by atoms with Gasteiger partial charge in [-0.1, -0.05) is 23.9 Å². The fourth-order valence-corrected chi connectivity index (χ4v) is 3.10. The summed E-state index contributed by atoms with van der Waals surface area (Å²) in [7, 11) is 0. The Hall–Kier alpha value is -1.53. The van der Waals surface area contributed by atoms with E-state index in [1.165, 1.54) is 17.8 Å². The van der Waals surface area contributed by atoms with Crippen molar-refractivity contribution in [2.24, 2.45) is 0 Å². The van der Waals surface area contributed by atoms with E-state index in [1.807, 2.05) is 6.07 Å². The minimum absolute atomic E-state index is 0.0773. The van der Waals surface area contributed by atoms with Crippen LogP contribution in [0.25, 0.3) is 0 Å². The lowest BCUT2D eigenvalue weighted by Gasteiger charge is -2.07. The van der Waals surface area contributed by atoms with Gasteiger partial charge in [-0.2, -0.15) is 0 Å². The van der Waals surface area contributed by atoms with Crippen LogP contribution in [-0.4, -0.2) is 10.0 Å². The van der Waals surface area contributed by atoms with Crippen LogP contribution < -0.4 is 0 Å². The predicted octanol–water partition coefficient (Wildman–Crippen LogP) is 4.52. The molecule has 2 aromatic rings. The van der Waals surface area contributed by atoms with Crippen LogP contribution in [0, 0.1) is 17.0 Å². The van der Waals surface area contributed by atoms with Crippen molar-refractivity contribution < 1.29 is 10.0 Å². The van der Waals surface area contributed by atoms with Crippen LogP contribution in [0.3, 0.4) is 0 Å². The predicted molar refractivity (Wildman–Crippen MR) is 77.8 cm³/mol. The van der Waals surface area contributed by atoms with Crippen molar-refractivity contribution in [3.05, 3.63) is 56.5 Å². The topological polar surface area (TPSA) is 63.4 Å². The highest BCUT2D eigenvalue weighted by molar-refractivity contribution is 9.10. The summed E-state index contributed by atoms with van der Waals surface area (Å²) in [4.78, 5) is 12.0. The standard InChI is InChI=1S/C13H10BrNO3S/c1-8-6-13(9(14)7-10(8)15(17)18)19-12-5-3-2-4-11(12)16/h2-7,16H,1H3. The molecule has 0 aromatic heterocycles. The molecule has 0 fully saturated rings. The minimum Gasteiger partial charge on any atom is -0.507 e. The lowest BCUT2D eigenvalue weighted by molar-refractivity contribution is -0.385. The first-order valence-corrected chi connectivity index (χ1v) is 7.00. The molecule has 0 atom stereocenters. The van der Waals surface area contributed by atoms with Gasteiger partial charge >= 0.3 is 0 Å². The molecule has 0 heterocycles. The number of phenolic OH excluding ortho intramolecular Hbond substituents is 1. The van der Waals surface area contributed by atoms with Gasteiger partial charge in [-0.3, -0.25) is 10.1 Å². The first kappa shape index (κ1) is 13.9. The van der Waals surface area contributed by atoms with Gasteiger partial charge in [-0.25, -0.2) is 0 Å². The van der Waals surface area contributed by atoms with E-state index in [9.17, 15) is 15.2 Å². The molecule has 2 aromatic carbocycles. The van der Waals surface area contributed by atoms with E-state index < -0.39 is 4.92 Å². The average Bonchev–Trinajstić information content (AvgIpc) is 2.35. The normalized spacial score (nSPS) is 10.4. The van der Waals surface area contributed by atoms with Crippen molar-refractivity contribution in [1.82, 2.24) is 0 Å². The second-order valence-corrected chi connectivity index (χ2v) is 5.83. The van der Waals surface area contributed by atoms with Crippen molar-refractivity contribution in [2.75, 3.05) is 0 Å². The van der Waals surface area contributed by atoms with Crippen LogP contribution in [-0.2, 0) is 0 Å². The van der Waals surface area contributed by atoms with E-state index >= 15 is 0 Å². The molecule has 0 bridgehead atoms. The Balaban J connectivity index is 2.39. The van der Waals surface area contributed by atoms with Crippen LogP contribution in [0.1, 0.15) is 5.56 Å². The number of benzene rings is 2. The zero-order valence-corrected chi connectivity index (χ0v) is 12.4. The Bertz CT molecular complexity index is 646. The number of nitro groups is 1. The maximum atomic E-state index is 10.8. The Kier molecular flexibility index (Phi) is 4.11. The SMILES string of the molecule is Cc1cc(Sc2ccccc2O)c(Br)cc1[N+](=O)[O-]. The zero-order valence-electron chi connectivity index (χ0n) is 9.96. The van der Waals surface area contributed by atoms with E-state index in [0.29, 0.717) is 14.9 Å². The van der Waals surface area contributed by atoms with Gasteiger partial charge in [-0.05, 0) is 41.1 Å². The molecule has 1 N–H and O–H groups in total. The minimum atomic E-state index is -0.408. The second kappa shape index (κ2) is 5.63. The molecule has 0 amide bonds. The molecular formula is C13H10BrNO3S. The Morgan fingerprint density at radius 2 is 1.95 bits per heavy atom. The summed E-state index contributed by atoms with van der Waals surface area (Å²) >= 11 is 4.68. The Morgan fingerprint density at radius 3 is 2.58 bits per heavy atom. The molecule has 0 aliphatic carbocycles. The van der Waals surface area contributed by atoms with E-state index in [1.54, 1.807) is 31.2 Å². The second-order valence-electron chi connectivity index (χ2n) is 3.90. The van der Waals surface area contributed by atoms with Gasteiger partial charge in [0, 0.05) is 21.0 Å². The lowest BCUT2D eigenvalue weighted by Crippen LogP contribution is -1.92. The van der Waals surface area contributed by atoms with Crippen LogP contribution in [0.2, 0.25) is 0 Å². The lowest BCUT2D eigenvalue weighted by atomic mass is 10.2. The number of rotatable bonds is 3. The fraction of sp³-hybridized carbons (Fsp3) is 0.0769. The molecule has 0 spiro atoms. The number of hydrogen-bond acceptors (Lipinski definition) is 4. The number of nitrogens with zero attached hydrogens (tertiary/aromatic N) is 1. The van der Waals surface area contributed by atoms with Crippen LogP contribution in [0.5, 0.6) is 5.75 Å². The Morgan fingerprint density at radius 1 is 1.26 bits per heavy atom. The maximum Gasteiger partial charge on any atom is 0.273 e. The first-order chi connectivity index (χ1) is 8.99. The van der Waals surface area contributed by atoms with Crippen molar-refractivity contribution in [3.63, 3.8) is 0 Å². The summed E-state index contributed by atoms with van der Waals surface area (Å²) in [6.07, 6.45) is 0. The van der Waals surface area contributed by atoms with Crippen molar-refractivity contribution >= 4 is 33.4 Å². The third kappa shape index (κ3) is 3.08. The number of nitro benzene ring substituents is 1. The highest BCUT2D eigenvalue weighted by atomic mass is 79.9. The van der Waals surface area contributed by atoms with E-state index in [2.05, 4.69) is 15.9 Å². The van der Waals surface area contributed by atoms with Crippen molar-refractivity contribution in [3.8, 4) is 5.75 Å². The summed E-state index contributed by atoms with van der Waals surface area (Å²) in [6, 6.07) is 10.2. The van der Waals surface area contributed by atoms with Crippen LogP contribution in [0.15, 0.2) is 50.7 Å². The monoisotopic (exact) mass is 339 g/mol. The van der Waals surface area contributed by atoms with E-state index in [0.717, 1.165) is 4.90 Å². The molecule has 0 aliphatic rings. The molecule has 0 radical (unpaired) electrons. The van der Waals surface area contributed by atoms with Gasteiger partial charge in [-0.15, -0.1) is 0 Å². The molecule has 98 valence electrons. The van der Waals surface area contributed by atoms with Crippen molar-refractivity contribution in [1.29, 1.82) is 0 Å². The number of hydrogen-bond donors (Lipinski definition) is 1. The largest absolute Gasteiger partial charge is 0.507 e. The third-order valence-electron chi connectivity index (χ3n) is 2.53. The van der Waals surface area contributed by atoms with E-state index in [4.69, 9.17) is 0 Å². The van der Waals surface area contributed by atoms with Crippen LogP contribution in [0.4, 0.5) is 5.69 Å². The van der Waals surface area contributed by atoms with Gasteiger partial charge in [0.1, 0.15) is 5.75 Å². The molecule has 0 saturated carbocycles. The number of aryl methyl sites for hydroxylation is 1. The van der Waals surface area contributed by atoms with Gasteiger partial charge in [0.25, 0.3) is 5.69 Å². The summed E-state index contributed by atoms with van der Waals surface area (Å²) < 4.78 is 0.637. The number of halogens is 1. The maximum absolute atomic E-state index is 10.8. The average molecular weight is 340 g/mol. The van der Waals surface area contributed by atoms with Gasteiger partial charge < -0.3 is 5.11 Å². The summed E-state index contributed by atoms with van der Waals surface area (Å²) in [6.45, 7) is 1.69. The van der Waals surface area contributed by atoms with Gasteiger partial charge in [0.05, 0.1) is 9.82 Å². The van der Waals surface area contributed by atoms with Crippen molar-refractivity contribution in [2.45, 2.75) is 16.7 Å². The van der Waals surface area contributed by atoms with Gasteiger partial charge in [0.2, 0.25) is 0 Å². The zero-order chi connectivity index (χ0) is 14.0. The Labute approximate surface area is 122 Å². The molecule has 0 unspecified atom stereocenters. The molecule has 0 aliphatic heterocycles. The first-order valence-electron chi connectivity index (χ1n) is 5.39. The number of para-hydroxylation sites is 1. The molecular weight excluding hydrogens is 330 g/mol. The highest BCUT2D eigenvalue weighted by Crippen LogP contribution is 2.40. The van der Waals surface area contributed by atoms with E-state index in [-0.39, 0.29) is 11.4 Å². The molecule has 0 saturated heterocycles. The quantitative estimate of drug-likeness (QED) is 0.659. The van der Waals surface area contributed by atoms with Gasteiger partial charge in [0.15, 0.2) is 0 Å². The highest BCUT2D eigenvalue weighted by Gasteiger charge is 2.15.